The van der Waals surface area contributed by atoms with Crippen LogP contribution in [0.1, 0.15) is 29.8 Å². The molecular weight excluding hydrogens is 465 g/mol. The number of ether oxygens (including phenoxy) is 2. The first kappa shape index (κ1) is 22.7. The Morgan fingerprint density at radius 3 is 2.57 bits per heavy atom. The molecule has 10 heteroatoms. The number of benzene rings is 2. The minimum atomic E-state index is -0.299. The fraction of sp³-hybridized carbons (Fsp3) is 0.250. The number of hydrogen-bond donors (Lipinski definition) is 1. The molecule has 0 radical (unpaired) electrons. The Morgan fingerprint density at radius 2 is 1.83 bits per heavy atom. The van der Waals surface area contributed by atoms with Gasteiger partial charge in [-0.15, -0.1) is 10.2 Å². The van der Waals surface area contributed by atoms with Crippen LogP contribution in [0.15, 0.2) is 40.7 Å². The summed E-state index contributed by atoms with van der Waals surface area (Å²) < 4.78 is 11.8. The molecular formula is C20H19Cl2N3O3S2. The van der Waals surface area contributed by atoms with E-state index < -0.39 is 0 Å². The maximum Gasteiger partial charge on any atom is 0.257 e. The molecule has 1 heterocycles. The molecule has 0 unspecified atom stereocenters. The van der Waals surface area contributed by atoms with Gasteiger partial charge in [0.25, 0.3) is 5.91 Å². The molecule has 30 heavy (non-hydrogen) atoms. The van der Waals surface area contributed by atoms with Crippen molar-refractivity contribution in [1.29, 1.82) is 0 Å². The van der Waals surface area contributed by atoms with Gasteiger partial charge >= 0.3 is 0 Å². The second-order valence-corrected chi connectivity index (χ2v) is 8.92. The van der Waals surface area contributed by atoms with Crippen LogP contribution in [0, 0.1) is 0 Å². The number of nitrogens with zero attached hydrogens (tertiary/aromatic N) is 2. The monoisotopic (exact) mass is 483 g/mol. The Balaban J connectivity index is 1.63. The van der Waals surface area contributed by atoms with Crippen LogP contribution in [-0.2, 0) is 5.75 Å². The lowest BCUT2D eigenvalue weighted by Crippen LogP contribution is -2.12. The third kappa shape index (κ3) is 6.01. The van der Waals surface area contributed by atoms with Crippen LogP contribution in [0.4, 0.5) is 5.13 Å². The molecule has 1 amide bonds. The third-order valence-electron chi connectivity index (χ3n) is 3.80. The van der Waals surface area contributed by atoms with Gasteiger partial charge in [0, 0.05) is 21.4 Å². The van der Waals surface area contributed by atoms with Crippen LogP contribution in [0.2, 0.25) is 10.0 Å². The van der Waals surface area contributed by atoms with E-state index in [1.165, 1.54) is 23.1 Å². The average molecular weight is 484 g/mol. The second-order valence-electron chi connectivity index (χ2n) is 5.88. The fourth-order valence-corrected chi connectivity index (χ4v) is 4.76. The van der Waals surface area contributed by atoms with Gasteiger partial charge in [0.2, 0.25) is 5.13 Å². The van der Waals surface area contributed by atoms with Crippen LogP contribution in [0.25, 0.3) is 0 Å². The zero-order valence-electron chi connectivity index (χ0n) is 16.3. The lowest BCUT2D eigenvalue weighted by molar-refractivity contribution is 0.102. The lowest BCUT2D eigenvalue weighted by atomic mass is 10.2. The third-order valence-corrected chi connectivity index (χ3v) is 6.41. The van der Waals surface area contributed by atoms with E-state index in [1.807, 2.05) is 19.9 Å². The summed E-state index contributed by atoms with van der Waals surface area (Å²) >= 11 is 14.9. The highest BCUT2D eigenvalue weighted by atomic mass is 35.5. The van der Waals surface area contributed by atoms with Gasteiger partial charge in [0.05, 0.1) is 13.2 Å². The fourth-order valence-electron chi connectivity index (χ4n) is 2.46. The number of amides is 1. The van der Waals surface area contributed by atoms with E-state index in [0.717, 1.165) is 9.90 Å². The number of carbonyl (C=O) groups is 1. The summed E-state index contributed by atoms with van der Waals surface area (Å²) in [7, 11) is 0. The zero-order chi connectivity index (χ0) is 21.5. The van der Waals surface area contributed by atoms with Gasteiger partial charge in [-0.3, -0.25) is 10.1 Å². The standard InChI is InChI=1S/C20H19Cl2N3O3S2/c1-3-27-16-8-6-12(9-17(16)28-4-2)18(26)23-19-24-25-20(30-19)29-11-13-5-7-14(21)10-15(13)22/h5-10H,3-4,11H2,1-2H3,(H,23,24,26). The summed E-state index contributed by atoms with van der Waals surface area (Å²) in [6.07, 6.45) is 0. The summed E-state index contributed by atoms with van der Waals surface area (Å²) in [6.45, 7) is 4.75. The summed E-state index contributed by atoms with van der Waals surface area (Å²) in [5, 5.41) is 12.5. The summed E-state index contributed by atoms with van der Waals surface area (Å²) in [6, 6.07) is 10.4. The number of aromatic nitrogens is 2. The number of thioether (sulfide) groups is 1. The Kier molecular flexibility index (Phi) is 8.21. The van der Waals surface area contributed by atoms with Crippen molar-refractivity contribution in [2.24, 2.45) is 0 Å². The first-order chi connectivity index (χ1) is 14.5. The van der Waals surface area contributed by atoms with Crippen LogP contribution in [0.3, 0.4) is 0 Å². The van der Waals surface area contributed by atoms with Crippen LogP contribution < -0.4 is 14.8 Å². The van der Waals surface area contributed by atoms with E-state index in [0.29, 0.717) is 51.2 Å². The van der Waals surface area contributed by atoms with Crippen molar-refractivity contribution in [3.63, 3.8) is 0 Å². The van der Waals surface area contributed by atoms with Gasteiger partial charge in [-0.05, 0) is 49.7 Å². The van der Waals surface area contributed by atoms with Gasteiger partial charge in [-0.25, -0.2) is 0 Å². The minimum absolute atomic E-state index is 0.299. The smallest absolute Gasteiger partial charge is 0.257 e. The number of rotatable bonds is 9. The van der Waals surface area contributed by atoms with Gasteiger partial charge in [-0.2, -0.15) is 0 Å². The highest BCUT2D eigenvalue weighted by Gasteiger charge is 2.14. The molecule has 0 spiro atoms. The van der Waals surface area contributed by atoms with Crippen molar-refractivity contribution in [3.8, 4) is 11.5 Å². The number of halogens is 2. The molecule has 0 aliphatic heterocycles. The molecule has 3 aromatic rings. The molecule has 3 rings (SSSR count). The highest BCUT2D eigenvalue weighted by molar-refractivity contribution is 8.00. The molecule has 0 aliphatic carbocycles. The largest absolute Gasteiger partial charge is 0.490 e. The van der Waals surface area contributed by atoms with Crippen molar-refractivity contribution in [1.82, 2.24) is 10.2 Å². The maximum absolute atomic E-state index is 12.6. The molecule has 6 nitrogen and oxygen atoms in total. The predicted octanol–water partition coefficient (Wildman–Crippen LogP) is 6.19. The van der Waals surface area contributed by atoms with Gasteiger partial charge in [-0.1, -0.05) is 52.4 Å². The molecule has 0 bridgehead atoms. The van der Waals surface area contributed by atoms with Crippen molar-refractivity contribution in [3.05, 3.63) is 57.6 Å². The molecule has 158 valence electrons. The molecule has 2 aromatic carbocycles. The highest BCUT2D eigenvalue weighted by Crippen LogP contribution is 2.32. The molecule has 0 fully saturated rings. The van der Waals surface area contributed by atoms with Gasteiger partial charge < -0.3 is 9.47 Å². The molecule has 0 saturated heterocycles. The lowest BCUT2D eigenvalue weighted by Gasteiger charge is -2.12. The van der Waals surface area contributed by atoms with E-state index in [9.17, 15) is 4.79 Å². The topological polar surface area (TPSA) is 73.3 Å². The van der Waals surface area contributed by atoms with E-state index >= 15 is 0 Å². The van der Waals surface area contributed by atoms with Crippen molar-refractivity contribution in [2.75, 3.05) is 18.5 Å². The number of nitrogens with one attached hydrogen (secondary N) is 1. The maximum atomic E-state index is 12.6. The Hall–Kier alpha value is -2.00. The summed E-state index contributed by atoms with van der Waals surface area (Å²) in [5.41, 5.74) is 1.39. The predicted molar refractivity (Wildman–Crippen MR) is 123 cm³/mol. The molecule has 0 aliphatic rings. The van der Waals surface area contributed by atoms with Crippen molar-refractivity contribution >= 4 is 57.3 Å². The van der Waals surface area contributed by atoms with E-state index in [4.69, 9.17) is 32.7 Å². The first-order valence-corrected chi connectivity index (χ1v) is 11.7. The molecule has 0 saturated carbocycles. The van der Waals surface area contributed by atoms with Crippen LogP contribution in [0.5, 0.6) is 11.5 Å². The van der Waals surface area contributed by atoms with Gasteiger partial charge in [0.15, 0.2) is 15.8 Å². The van der Waals surface area contributed by atoms with E-state index in [2.05, 4.69) is 15.5 Å². The Bertz CT molecular complexity index is 1030. The number of anilines is 1. The summed E-state index contributed by atoms with van der Waals surface area (Å²) in [5.74, 6) is 1.45. The average Bonchev–Trinajstić information content (AvgIpc) is 3.16. The quantitative estimate of drug-likeness (QED) is 0.289. The molecule has 1 aromatic heterocycles. The Morgan fingerprint density at radius 1 is 1.07 bits per heavy atom. The van der Waals surface area contributed by atoms with Crippen molar-refractivity contribution in [2.45, 2.75) is 23.9 Å². The van der Waals surface area contributed by atoms with Gasteiger partial charge in [0.1, 0.15) is 0 Å². The second kappa shape index (κ2) is 10.9. The first-order valence-electron chi connectivity index (χ1n) is 9.11. The van der Waals surface area contributed by atoms with Crippen LogP contribution >= 0.6 is 46.3 Å². The number of carbonyl (C=O) groups excluding carboxylic acids is 1. The normalized spacial score (nSPS) is 10.7. The van der Waals surface area contributed by atoms with Crippen LogP contribution in [-0.4, -0.2) is 29.3 Å². The number of hydrogen-bond acceptors (Lipinski definition) is 7. The van der Waals surface area contributed by atoms with E-state index in [1.54, 1.807) is 30.3 Å². The zero-order valence-corrected chi connectivity index (χ0v) is 19.4. The van der Waals surface area contributed by atoms with Crippen molar-refractivity contribution < 1.29 is 14.3 Å². The van der Waals surface area contributed by atoms with E-state index in [-0.39, 0.29) is 5.91 Å². The molecule has 0 atom stereocenters. The SMILES string of the molecule is CCOc1ccc(C(=O)Nc2nnc(SCc3ccc(Cl)cc3Cl)s2)cc1OCC. The summed E-state index contributed by atoms with van der Waals surface area (Å²) in [4.78, 5) is 12.6. The Labute approximate surface area is 192 Å². The minimum Gasteiger partial charge on any atom is -0.490 e. The molecule has 1 N–H and O–H groups in total.